The molecule has 0 radical (unpaired) electrons. The lowest BCUT2D eigenvalue weighted by molar-refractivity contribution is -0.118. The Bertz CT molecular complexity index is 1480. The minimum Gasteiger partial charge on any atom is -0.476 e. The molecule has 0 unspecified atom stereocenters. The van der Waals surface area contributed by atoms with Crippen molar-refractivity contribution in [2.75, 3.05) is 27.3 Å². The van der Waals surface area contributed by atoms with E-state index in [1.54, 1.807) is 0 Å². The van der Waals surface area contributed by atoms with Crippen LogP contribution in [-0.2, 0) is 52.0 Å². The number of likely N-dealkylation sites (N-methyl/N-ethyl adjacent to an activating group) is 1. The van der Waals surface area contributed by atoms with Crippen LogP contribution in [0.3, 0.4) is 0 Å². The molecule has 3 heterocycles. The van der Waals surface area contributed by atoms with Crippen LogP contribution in [-0.4, -0.2) is 62.4 Å². The largest absolute Gasteiger partial charge is 0.476 e. The number of aryl methyl sites for hydroxylation is 2. The zero-order chi connectivity index (χ0) is 27.0. The molecule has 0 saturated carbocycles. The second kappa shape index (κ2) is 10.5. The first-order valence-corrected chi connectivity index (χ1v) is 14.4. The smallest absolute Gasteiger partial charge is 0.283 e. The van der Waals surface area contributed by atoms with Crippen molar-refractivity contribution >= 4 is 15.9 Å². The van der Waals surface area contributed by atoms with E-state index in [1.165, 1.54) is 21.9 Å². The van der Waals surface area contributed by atoms with Crippen LogP contribution in [0.2, 0.25) is 0 Å². The Kier molecular flexibility index (Phi) is 7.30. The minimum absolute atomic E-state index is 0.0423. The maximum Gasteiger partial charge on any atom is 0.283 e. The SMILES string of the molecule is CCc1cc(-c2ccc3c(c2)COCC3)cc(C)c1CC(=O)NS(=O)(=O)c1cc2n(n1)C[C@H](N(C)C)CO2. The van der Waals surface area contributed by atoms with Crippen molar-refractivity contribution in [3.05, 3.63) is 64.2 Å². The molecule has 38 heavy (non-hydrogen) atoms. The standard InChI is InChI=1S/C28H34N4O5S/c1-5-19-11-22(21-7-6-20-8-9-36-16-23(20)12-21)10-18(2)25(19)13-26(33)30-38(34,35)27-14-28-32(29-27)15-24(17-37-28)31(3)4/h6-7,10-12,14,24H,5,8-9,13,15-17H2,1-4H3,(H,30,33)/t24-/m0/s1. The molecule has 9 nitrogen and oxygen atoms in total. The lowest BCUT2D eigenvalue weighted by atomic mass is 9.90. The predicted octanol–water partition coefficient (Wildman–Crippen LogP) is 2.86. The normalized spacial score (nSPS) is 17.0. The summed E-state index contributed by atoms with van der Waals surface area (Å²) in [7, 11) is -0.277. The van der Waals surface area contributed by atoms with E-state index in [2.05, 4.69) is 40.2 Å². The number of hydrogen-bond acceptors (Lipinski definition) is 7. The Morgan fingerprint density at radius 3 is 2.74 bits per heavy atom. The van der Waals surface area contributed by atoms with Crippen LogP contribution < -0.4 is 9.46 Å². The summed E-state index contributed by atoms with van der Waals surface area (Å²) in [6.07, 6.45) is 1.60. The lowest BCUT2D eigenvalue weighted by Crippen LogP contribution is -2.41. The Hall–Kier alpha value is -3.21. The number of sulfonamides is 1. The second-order valence-corrected chi connectivity index (χ2v) is 11.8. The molecule has 0 aliphatic carbocycles. The molecule has 0 saturated heterocycles. The number of nitrogens with one attached hydrogen (secondary N) is 1. The number of carbonyl (C=O) groups is 1. The molecule has 3 aromatic rings. The average molecular weight is 539 g/mol. The van der Waals surface area contributed by atoms with E-state index in [0.29, 0.717) is 25.6 Å². The first-order valence-electron chi connectivity index (χ1n) is 12.9. The van der Waals surface area contributed by atoms with Crippen molar-refractivity contribution in [3.8, 4) is 17.0 Å². The number of aromatic nitrogens is 2. The zero-order valence-corrected chi connectivity index (χ0v) is 23.1. The number of benzene rings is 2. The maximum absolute atomic E-state index is 13.0. The summed E-state index contributed by atoms with van der Waals surface area (Å²) in [6.45, 7) is 6.33. The molecule has 1 aromatic heterocycles. The fourth-order valence-corrected chi connectivity index (χ4v) is 6.01. The van der Waals surface area contributed by atoms with Crippen molar-refractivity contribution in [1.29, 1.82) is 0 Å². The average Bonchev–Trinajstić information content (AvgIpc) is 3.34. The summed E-state index contributed by atoms with van der Waals surface area (Å²) in [6, 6.07) is 12.1. The quantitative estimate of drug-likeness (QED) is 0.494. The molecule has 2 aromatic carbocycles. The number of carbonyl (C=O) groups excluding carboxylic acids is 1. The number of ether oxygens (including phenoxy) is 2. The van der Waals surface area contributed by atoms with E-state index in [1.807, 2.05) is 32.8 Å². The second-order valence-electron chi connectivity index (χ2n) is 10.2. The predicted molar refractivity (Wildman–Crippen MR) is 144 cm³/mol. The highest BCUT2D eigenvalue weighted by Crippen LogP contribution is 2.30. The molecular formula is C28H34N4O5S. The monoisotopic (exact) mass is 538 g/mol. The molecule has 2 aliphatic heterocycles. The number of nitrogens with zero attached hydrogens (tertiary/aromatic N) is 3. The maximum atomic E-state index is 13.0. The van der Waals surface area contributed by atoms with Gasteiger partial charge in [-0.25, -0.2) is 9.40 Å². The van der Waals surface area contributed by atoms with Gasteiger partial charge in [0.25, 0.3) is 10.0 Å². The summed E-state index contributed by atoms with van der Waals surface area (Å²) >= 11 is 0. The Labute approximate surface area is 223 Å². The zero-order valence-electron chi connectivity index (χ0n) is 22.3. The van der Waals surface area contributed by atoms with Gasteiger partial charge < -0.3 is 14.4 Å². The van der Waals surface area contributed by atoms with Crippen molar-refractivity contribution in [3.63, 3.8) is 0 Å². The molecule has 5 rings (SSSR count). The fraction of sp³-hybridized carbons (Fsp3) is 0.429. The molecule has 202 valence electrons. The van der Waals surface area contributed by atoms with Crippen LogP contribution in [0.25, 0.3) is 11.1 Å². The van der Waals surface area contributed by atoms with Crippen LogP contribution in [0.1, 0.15) is 34.7 Å². The van der Waals surface area contributed by atoms with E-state index >= 15 is 0 Å². The number of hydrogen-bond donors (Lipinski definition) is 1. The lowest BCUT2D eigenvalue weighted by Gasteiger charge is -2.28. The summed E-state index contributed by atoms with van der Waals surface area (Å²) in [5, 5.41) is 3.97. The minimum atomic E-state index is -4.14. The fourth-order valence-electron chi connectivity index (χ4n) is 5.07. The van der Waals surface area contributed by atoms with Crippen LogP contribution in [0.15, 0.2) is 41.4 Å². The summed E-state index contributed by atoms with van der Waals surface area (Å²) in [5.74, 6) is -0.219. The molecular weight excluding hydrogens is 504 g/mol. The van der Waals surface area contributed by atoms with Crippen molar-refractivity contribution in [2.24, 2.45) is 0 Å². The van der Waals surface area contributed by atoms with Gasteiger partial charge in [0.1, 0.15) is 6.61 Å². The molecule has 0 fully saturated rings. The van der Waals surface area contributed by atoms with Crippen molar-refractivity contribution < 1.29 is 22.7 Å². The van der Waals surface area contributed by atoms with Crippen LogP contribution in [0.4, 0.5) is 0 Å². The molecule has 1 amide bonds. The van der Waals surface area contributed by atoms with Gasteiger partial charge in [-0.3, -0.25) is 4.79 Å². The van der Waals surface area contributed by atoms with Gasteiger partial charge in [0.2, 0.25) is 16.8 Å². The topological polar surface area (TPSA) is 103 Å². The molecule has 0 bridgehead atoms. The number of fused-ring (bicyclic) bond motifs is 2. The van der Waals surface area contributed by atoms with Crippen LogP contribution in [0, 0.1) is 6.92 Å². The van der Waals surface area contributed by atoms with Gasteiger partial charge in [-0.1, -0.05) is 31.2 Å². The van der Waals surface area contributed by atoms with Crippen LogP contribution >= 0.6 is 0 Å². The third-order valence-electron chi connectivity index (χ3n) is 7.38. The van der Waals surface area contributed by atoms with E-state index in [0.717, 1.165) is 47.3 Å². The molecule has 1 N–H and O–H groups in total. The van der Waals surface area contributed by atoms with Gasteiger partial charge in [0, 0.05) is 6.07 Å². The highest BCUT2D eigenvalue weighted by Gasteiger charge is 2.28. The van der Waals surface area contributed by atoms with Crippen molar-refractivity contribution in [2.45, 2.75) is 57.3 Å². The van der Waals surface area contributed by atoms with E-state index in [4.69, 9.17) is 9.47 Å². The van der Waals surface area contributed by atoms with Gasteiger partial charge in [0.05, 0.1) is 32.2 Å². The van der Waals surface area contributed by atoms with Crippen LogP contribution in [0.5, 0.6) is 5.88 Å². The Balaban J connectivity index is 1.33. The third kappa shape index (κ3) is 5.34. The highest BCUT2D eigenvalue weighted by molar-refractivity contribution is 7.90. The van der Waals surface area contributed by atoms with Crippen molar-refractivity contribution in [1.82, 2.24) is 19.4 Å². The molecule has 10 heteroatoms. The van der Waals surface area contributed by atoms with Gasteiger partial charge in [-0.05, 0) is 78.9 Å². The summed E-state index contributed by atoms with van der Waals surface area (Å²) in [4.78, 5) is 14.9. The first kappa shape index (κ1) is 26.4. The number of amides is 1. The summed E-state index contributed by atoms with van der Waals surface area (Å²) < 4.78 is 41.0. The van der Waals surface area contributed by atoms with Gasteiger partial charge in [0.15, 0.2) is 0 Å². The van der Waals surface area contributed by atoms with Gasteiger partial charge in [-0.2, -0.15) is 13.5 Å². The molecule has 1 atom stereocenters. The number of rotatable bonds is 7. The van der Waals surface area contributed by atoms with Gasteiger partial charge >= 0.3 is 0 Å². The molecule has 2 aliphatic rings. The van der Waals surface area contributed by atoms with E-state index < -0.39 is 15.9 Å². The Morgan fingerprint density at radius 1 is 1.16 bits per heavy atom. The first-order chi connectivity index (χ1) is 18.1. The Morgan fingerprint density at radius 2 is 1.97 bits per heavy atom. The third-order valence-corrected chi connectivity index (χ3v) is 8.62. The van der Waals surface area contributed by atoms with E-state index in [-0.39, 0.29) is 17.5 Å². The van der Waals surface area contributed by atoms with Gasteiger partial charge in [-0.15, -0.1) is 0 Å². The summed E-state index contributed by atoms with van der Waals surface area (Å²) in [5.41, 5.74) is 7.51. The van der Waals surface area contributed by atoms with E-state index in [9.17, 15) is 13.2 Å². The molecule has 0 spiro atoms. The highest BCUT2D eigenvalue weighted by atomic mass is 32.2.